The summed E-state index contributed by atoms with van der Waals surface area (Å²) in [6.45, 7) is 4.03. The number of aryl methyl sites for hydroxylation is 2. The molecule has 0 aliphatic carbocycles. The first-order valence-electron chi connectivity index (χ1n) is 5.04. The lowest BCUT2D eigenvalue weighted by Crippen LogP contribution is -2.37. The van der Waals surface area contributed by atoms with Gasteiger partial charge in [-0.15, -0.1) is 0 Å². The van der Waals surface area contributed by atoms with E-state index in [0.29, 0.717) is 6.42 Å². The normalized spacial score (nSPS) is 15.3. The van der Waals surface area contributed by atoms with E-state index < -0.39 is 5.60 Å². The predicted octanol–water partition coefficient (Wildman–Crippen LogP) is 0.997. The minimum Gasteiger partial charge on any atom is -0.388 e. The van der Waals surface area contributed by atoms with Crippen LogP contribution in [0.5, 0.6) is 0 Å². The summed E-state index contributed by atoms with van der Waals surface area (Å²) in [5.41, 5.74) is 6.63. The van der Waals surface area contributed by atoms with Gasteiger partial charge in [-0.2, -0.15) is 5.10 Å². The van der Waals surface area contributed by atoms with E-state index in [1.165, 1.54) is 0 Å². The van der Waals surface area contributed by atoms with Crippen molar-refractivity contribution in [2.24, 2.45) is 12.8 Å². The number of hydrogen-bond donors (Lipinski definition) is 2. The largest absolute Gasteiger partial charge is 0.388 e. The fourth-order valence-corrected chi connectivity index (χ4v) is 2.20. The van der Waals surface area contributed by atoms with Crippen molar-refractivity contribution in [3.63, 3.8) is 0 Å². The summed E-state index contributed by atoms with van der Waals surface area (Å²) in [7, 11) is 1.88. The Morgan fingerprint density at radius 2 is 2.20 bits per heavy atom. The Morgan fingerprint density at radius 1 is 1.60 bits per heavy atom. The number of nitrogens with zero attached hydrogens (tertiary/aromatic N) is 2. The van der Waals surface area contributed by atoms with E-state index in [1.54, 1.807) is 11.6 Å². The molecule has 5 heteroatoms. The predicted molar refractivity (Wildman–Crippen MR) is 63.7 cm³/mol. The van der Waals surface area contributed by atoms with Crippen LogP contribution in [-0.4, -0.2) is 27.0 Å². The smallest absolute Gasteiger partial charge is 0.0796 e. The molecule has 1 aromatic rings. The number of rotatable bonds is 4. The van der Waals surface area contributed by atoms with Gasteiger partial charge in [0.25, 0.3) is 0 Å². The van der Waals surface area contributed by atoms with Crippen LogP contribution in [0, 0.1) is 0 Å². The summed E-state index contributed by atoms with van der Waals surface area (Å²) in [6, 6.07) is 0. The van der Waals surface area contributed by atoms with Gasteiger partial charge < -0.3 is 10.8 Å². The van der Waals surface area contributed by atoms with Crippen molar-refractivity contribution >= 4 is 15.9 Å². The molecule has 0 radical (unpaired) electrons. The van der Waals surface area contributed by atoms with Crippen LogP contribution in [0.4, 0.5) is 0 Å². The van der Waals surface area contributed by atoms with Gasteiger partial charge >= 0.3 is 0 Å². The molecule has 0 saturated heterocycles. The monoisotopic (exact) mass is 275 g/mol. The summed E-state index contributed by atoms with van der Waals surface area (Å²) >= 11 is 3.51. The van der Waals surface area contributed by atoms with Crippen LogP contribution < -0.4 is 5.73 Å². The van der Waals surface area contributed by atoms with Crippen molar-refractivity contribution in [3.8, 4) is 0 Å². The van der Waals surface area contributed by atoms with E-state index in [4.69, 9.17) is 5.73 Å². The molecule has 0 bridgehead atoms. The van der Waals surface area contributed by atoms with E-state index in [9.17, 15) is 5.11 Å². The molecule has 1 atom stereocenters. The van der Waals surface area contributed by atoms with Crippen LogP contribution in [0.2, 0.25) is 0 Å². The van der Waals surface area contributed by atoms with E-state index in [0.717, 1.165) is 22.3 Å². The molecule has 0 amide bonds. The number of halogens is 1. The third-order valence-corrected chi connectivity index (χ3v) is 3.41. The molecule has 3 N–H and O–H groups in total. The second-order valence-electron chi connectivity index (χ2n) is 4.06. The molecule has 15 heavy (non-hydrogen) atoms. The topological polar surface area (TPSA) is 64.1 Å². The van der Waals surface area contributed by atoms with E-state index in [1.807, 2.05) is 7.05 Å². The maximum absolute atomic E-state index is 9.92. The van der Waals surface area contributed by atoms with Crippen LogP contribution >= 0.6 is 15.9 Å². The number of nitrogens with two attached hydrogens (primary N) is 1. The molecule has 86 valence electrons. The zero-order valence-electron chi connectivity index (χ0n) is 9.42. The maximum Gasteiger partial charge on any atom is 0.0796 e. The fourth-order valence-electron chi connectivity index (χ4n) is 1.44. The average Bonchev–Trinajstić information content (AvgIpc) is 2.45. The molecule has 1 heterocycles. The maximum atomic E-state index is 9.92. The second-order valence-corrected chi connectivity index (χ2v) is 4.86. The highest BCUT2D eigenvalue weighted by atomic mass is 79.9. The standard InChI is InChI=1S/C10H18BrN3O/c1-4-7-9(11)8(14(3)13-7)5-10(2,15)6-12/h15H,4-6,12H2,1-3H3. The number of aliphatic hydroxyl groups is 1. The Bertz CT molecular complexity index is 347. The fraction of sp³-hybridized carbons (Fsp3) is 0.700. The lowest BCUT2D eigenvalue weighted by Gasteiger charge is -2.21. The molecule has 1 unspecified atom stereocenters. The highest BCUT2D eigenvalue weighted by Gasteiger charge is 2.23. The van der Waals surface area contributed by atoms with Crippen LogP contribution in [-0.2, 0) is 19.9 Å². The molecule has 0 fully saturated rings. The van der Waals surface area contributed by atoms with Crippen molar-refractivity contribution in [3.05, 3.63) is 15.9 Å². The molecule has 1 rings (SSSR count). The molecular weight excluding hydrogens is 258 g/mol. The van der Waals surface area contributed by atoms with Crippen molar-refractivity contribution < 1.29 is 5.11 Å². The van der Waals surface area contributed by atoms with Gasteiger partial charge in [-0.3, -0.25) is 4.68 Å². The summed E-state index contributed by atoms with van der Waals surface area (Å²) in [5.74, 6) is 0. The van der Waals surface area contributed by atoms with Gasteiger partial charge in [-0.1, -0.05) is 6.92 Å². The summed E-state index contributed by atoms with van der Waals surface area (Å²) in [6.07, 6.45) is 1.38. The SMILES string of the molecule is CCc1nn(C)c(CC(C)(O)CN)c1Br. The Balaban J connectivity index is 2.99. The highest BCUT2D eigenvalue weighted by Crippen LogP contribution is 2.24. The summed E-state index contributed by atoms with van der Waals surface area (Å²) in [4.78, 5) is 0. The van der Waals surface area contributed by atoms with Crippen LogP contribution in [0.1, 0.15) is 25.2 Å². The Morgan fingerprint density at radius 3 is 2.60 bits per heavy atom. The molecule has 0 saturated carbocycles. The van der Waals surface area contributed by atoms with Gasteiger partial charge in [-0.05, 0) is 29.3 Å². The van der Waals surface area contributed by atoms with Gasteiger partial charge in [0.2, 0.25) is 0 Å². The minimum absolute atomic E-state index is 0.242. The highest BCUT2D eigenvalue weighted by molar-refractivity contribution is 9.10. The molecular formula is C10H18BrN3O. The first-order chi connectivity index (χ1) is 6.91. The average molecular weight is 276 g/mol. The lowest BCUT2D eigenvalue weighted by molar-refractivity contribution is 0.0675. The third-order valence-electron chi connectivity index (χ3n) is 2.49. The van der Waals surface area contributed by atoms with E-state index in [-0.39, 0.29) is 6.54 Å². The summed E-state index contributed by atoms with van der Waals surface area (Å²) < 4.78 is 2.79. The van der Waals surface area contributed by atoms with E-state index in [2.05, 4.69) is 28.0 Å². The molecule has 0 spiro atoms. The Labute approximate surface area is 98.6 Å². The van der Waals surface area contributed by atoms with Crippen molar-refractivity contribution in [2.75, 3.05) is 6.54 Å². The lowest BCUT2D eigenvalue weighted by atomic mass is 10.0. The zero-order chi connectivity index (χ0) is 11.6. The molecule has 0 aliphatic heterocycles. The zero-order valence-corrected chi connectivity index (χ0v) is 11.0. The Hall–Kier alpha value is -0.390. The van der Waals surface area contributed by atoms with Gasteiger partial charge in [0, 0.05) is 20.0 Å². The molecule has 4 nitrogen and oxygen atoms in total. The Kier molecular flexibility index (Phi) is 3.92. The van der Waals surface area contributed by atoms with Crippen LogP contribution in [0.3, 0.4) is 0 Å². The van der Waals surface area contributed by atoms with E-state index >= 15 is 0 Å². The first-order valence-corrected chi connectivity index (χ1v) is 5.83. The quantitative estimate of drug-likeness (QED) is 0.862. The molecule has 0 aliphatic rings. The number of aromatic nitrogens is 2. The molecule has 1 aromatic heterocycles. The van der Waals surface area contributed by atoms with Crippen LogP contribution in [0.15, 0.2) is 4.47 Å². The third kappa shape index (κ3) is 2.80. The van der Waals surface area contributed by atoms with Gasteiger partial charge in [-0.25, -0.2) is 0 Å². The van der Waals surface area contributed by atoms with Gasteiger partial charge in [0.1, 0.15) is 0 Å². The first kappa shape index (κ1) is 12.7. The van der Waals surface area contributed by atoms with Gasteiger partial charge in [0.05, 0.1) is 21.5 Å². The minimum atomic E-state index is -0.874. The summed E-state index contributed by atoms with van der Waals surface area (Å²) in [5, 5.41) is 14.3. The molecule has 0 aromatic carbocycles. The van der Waals surface area contributed by atoms with Gasteiger partial charge in [0.15, 0.2) is 0 Å². The second kappa shape index (κ2) is 4.63. The van der Waals surface area contributed by atoms with Crippen molar-refractivity contribution in [2.45, 2.75) is 32.3 Å². The number of hydrogen-bond acceptors (Lipinski definition) is 3. The van der Waals surface area contributed by atoms with Crippen molar-refractivity contribution in [1.29, 1.82) is 0 Å². The van der Waals surface area contributed by atoms with Crippen LogP contribution in [0.25, 0.3) is 0 Å². The van der Waals surface area contributed by atoms with Crippen molar-refractivity contribution in [1.82, 2.24) is 9.78 Å².